The Morgan fingerprint density at radius 1 is 1.20 bits per heavy atom. The molecule has 2 aromatic carbocycles. The third-order valence-corrected chi connectivity index (χ3v) is 5.71. The van der Waals surface area contributed by atoms with Crippen molar-refractivity contribution < 1.29 is 24.0 Å². The lowest BCUT2D eigenvalue weighted by atomic mass is 10.1. The molecule has 1 aliphatic heterocycles. The lowest BCUT2D eigenvalue weighted by Gasteiger charge is -2.16. The molecule has 0 radical (unpaired) electrons. The van der Waals surface area contributed by atoms with Crippen molar-refractivity contribution in [3.63, 3.8) is 0 Å². The number of benzene rings is 2. The normalized spacial score (nSPS) is 12.7. The molecule has 8 nitrogen and oxygen atoms in total. The number of hydrogen-bond donors (Lipinski definition) is 1. The average Bonchev–Trinajstić information content (AvgIpc) is 3.19. The van der Waals surface area contributed by atoms with E-state index in [1.54, 1.807) is 6.07 Å². The highest BCUT2D eigenvalue weighted by Crippen LogP contribution is 2.42. The van der Waals surface area contributed by atoms with Crippen molar-refractivity contribution in [3.8, 4) is 16.2 Å². The summed E-state index contributed by atoms with van der Waals surface area (Å²) in [4.78, 5) is 36.4. The van der Waals surface area contributed by atoms with E-state index in [-0.39, 0.29) is 5.69 Å². The van der Waals surface area contributed by atoms with Gasteiger partial charge in [0.25, 0.3) is 11.6 Å². The van der Waals surface area contributed by atoms with Crippen LogP contribution in [0.15, 0.2) is 54.6 Å². The van der Waals surface area contributed by atoms with E-state index in [4.69, 9.17) is 9.47 Å². The van der Waals surface area contributed by atoms with Crippen LogP contribution in [-0.4, -0.2) is 22.9 Å². The first kappa shape index (κ1) is 19.6. The van der Waals surface area contributed by atoms with Crippen LogP contribution in [0.5, 0.6) is 5.75 Å². The predicted octanol–water partition coefficient (Wildman–Crippen LogP) is 4.40. The van der Waals surface area contributed by atoms with Gasteiger partial charge >= 0.3 is 5.97 Å². The summed E-state index contributed by atoms with van der Waals surface area (Å²) < 4.78 is 11.0. The Morgan fingerprint density at radius 3 is 2.67 bits per heavy atom. The second kappa shape index (κ2) is 7.96. The summed E-state index contributed by atoms with van der Waals surface area (Å²) in [6.07, 6.45) is -1.05. The summed E-state index contributed by atoms with van der Waals surface area (Å²) in [5.74, 6) is -0.368. The van der Waals surface area contributed by atoms with Gasteiger partial charge in [-0.05, 0) is 37.3 Å². The van der Waals surface area contributed by atoms with Crippen molar-refractivity contribution in [1.82, 2.24) is 0 Å². The van der Waals surface area contributed by atoms with E-state index in [1.807, 2.05) is 24.3 Å². The van der Waals surface area contributed by atoms with Gasteiger partial charge in [0.15, 0.2) is 6.10 Å². The fourth-order valence-corrected chi connectivity index (χ4v) is 4.06. The maximum absolute atomic E-state index is 12.6. The molecule has 1 aliphatic rings. The highest BCUT2D eigenvalue weighted by Gasteiger charge is 2.25. The Hall–Kier alpha value is -3.72. The molecular weight excluding hydrogens is 408 g/mol. The number of rotatable bonds is 5. The van der Waals surface area contributed by atoms with Crippen molar-refractivity contribution in [2.45, 2.75) is 19.6 Å². The summed E-state index contributed by atoms with van der Waals surface area (Å²) in [6.45, 7) is 1.83. The van der Waals surface area contributed by atoms with Crippen LogP contribution in [0.25, 0.3) is 10.4 Å². The van der Waals surface area contributed by atoms with Crippen LogP contribution in [0.4, 0.5) is 11.4 Å². The number of fused-ring (bicyclic) bond motifs is 3. The van der Waals surface area contributed by atoms with E-state index in [0.29, 0.717) is 17.2 Å². The van der Waals surface area contributed by atoms with Gasteiger partial charge in [0, 0.05) is 33.8 Å². The molecule has 0 aliphatic carbocycles. The predicted molar refractivity (Wildman–Crippen MR) is 111 cm³/mol. The third-order valence-electron chi connectivity index (χ3n) is 4.52. The Balaban J connectivity index is 1.42. The van der Waals surface area contributed by atoms with Crippen molar-refractivity contribution in [3.05, 3.63) is 75.2 Å². The molecular formula is C21H16N2O6S. The minimum atomic E-state index is -1.05. The van der Waals surface area contributed by atoms with Gasteiger partial charge < -0.3 is 14.8 Å². The third kappa shape index (κ3) is 3.87. The van der Waals surface area contributed by atoms with Gasteiger partial charge in [-0.2, -0.15) is 0 Å². The summed E-state index contributed by atoms with van der Waals surface area (Å²) in [5, 5.41) is 13.3. The van der Waals surface area contributed by atoms with Crippen LogP contribution in [0.3, 0.4) is 0 Å². The summed E-state index contributed by atoms with van der Waals surface area (Å²) in [6, 6.07) is 14.7. The van der Waals surface area contributed by atoms with Gasteiger partial charge in [0.05, 0.1) is 4.92 Å². The zero-order chi connectivity index (χ0) is 21.3. The lowest BCUT2D eigenvalue weighted by Crippen LogP contribution is -2.29. The van der Waals surface area contributed by atoms with E-state index in [9.17, 15) is 19.7 Å². The highest BCUT2D eigenvalue weighted by atomic mass is 32.1. The van der Waals surface area contributed by atoms with Gasteiger partial charge in [0.2, 0.25) is 0 Å². The van der Waals surface area contributed by atoms with Crippen molar-refractivity contribution >= 4 is 34.6 Å². The van der Waals surface area contributed by atoms with Crippen molar-refractivity contribution in [2.24, 2.45) is 0 Å². The number of carbonyl (C=O) groups is 2. The molecule has 2 heterocycles. The van der Waals surface area contributed by atoms with Gasteiger partial charge in [-0.25, -0.2) is 4.79 Å². The smallest absolute Gasteiger partial charge is 0.349 e. The zero-order valence-electron chi connectivity index (χ0n) is 15.8. The lowest BCUT2D eigenvalue weighted by molar-refractivity contribution is -0.384. The van der Waals surface area contributed by atoms with E-state index in [1.165, 1.54) is 42.5 Å². The molecule has 1 N–H and O–H groups in total. The molecule has 1 atom stereocenters. The van der Waals surface area contributed by atoms with E-state index < -0.39 is 22.9 Å². The molecule has 30 heavy (non-hydrogen) atoms. The quantitative estimate of drug-likeness (QED) is 0.369. The van der Waals surface area contributed by atoms with E-state index in [0.717, 1.165) is 21.8 Å². The topological polar surface area (TPSA) is 108 Å². The van der Waals surface area contributed by atoms with Crippen molar-refractivity contribution in [2.75, 3.05) is 5.32 Å². The molecule has 0 spiro atoms. The number of para-hydroxylation sites is 1. The second-order valence-corrected chi connectivity index (χ2v) is 7.64. The number of esters is 1. The van der Waals surface area contributed by atoms with E-state index >= 15 is 0 Å². The number of nitro benzene ring substituents is 1. The number of nitrogens with zero attached hydrogens (tertiary/aromatic N) is 1. The Labute approximate surface area is 175 Å². The van der Waals surface area contributed by atoms with Gasteiger partial charge in [0.1, 0.15) is 17.2 Å². The molecule has 1 aromatic heterocycles. The second-order valence-electron chi connectivity index (χ2n) is 6.59. The van der Waals surface area contributed by atoms with E-state index in [2.05, 4.69) is 5.32 Å². The number of carbonyl (C=O) groups excluding carboxylic acids is 2. The molecule has 3 aromatic rings. The SMILES string of the molecule is CC(OC(=O)c1cc2c(s1)-c1ccccc1OC2)C(=O)Nc1ccc([N+](=O)[O-])cc1. The van der Waals surface area contributed by atoms with Crippen LogP contribution >= 0.6 is 11.3 Å². The van der Waals surface area contributed by atoms with Gasteiger partial charge in [-0.3, -0.25) is 14.9 Å². The Bertz CT molecular complexity index is 1140. The van der Waals surface area contributed by atoms with Crippen LogP contribution in [0.1, 0.15) is 22.2 Å². The van der Waals surface area contributed by atoms with Gasteiger partial charge in [-0.1, -0.05) is 12.1 Å². The molecule has 0 bridgehead atoms. The first-order valence-electron chi connectivity index (χ1n) is 9.03. The summed E-state index contributed by atoms with van der Waals surface area (Å²) >= 11 is 1.30. The van der Waals surface area contributed by atoms with Crippen molar-refractivity contribution in [1.29, 1.82) is 0 Å². The summed E-state index contributed by atoms with van der Waals surface area (Å²) in [5.41, 5.74) is 2.11. The average molecular weight is 424 g/mol. The van der Waals surface area contributed by atoms with Crippen LogP contribution in [0, 0.1) is 10.1 Å². The highest BCUT2D eigenvalue weighted by molar-refractivity contribution is 7.17. The summed E-state index contributed by atoms with van der Waals surface area (Å²) in [7, 11) is 0. The molecule has 0 fully saturated rings. The number of nitrogens with one attached hydrogen (secondary N) is 1. The molecule has 4 rings (SSSR count). The molecule has 0 saturated heterocycles. The van der Waals surface area contributed by atoms with Crippen LogP contribution in [0.2, 0.25) is 0 Å². The number of ether oxygens (including phenoxy) is 2. The minimum Gasteiger partial charge on any atom is -0.488 e. The maximum atomic E-state index is 12.6. The number of hydrogen-bond acceptors (Lipinski definition) is 7. The van der Waals surface area contributed by atoms with Crippen LogP contribution in [-0.2, 0) is 16.1 Å². The minimum absolute atomic E-state index is 0.0836. The fraction of sp³-hybridized carbons (Fsp3) is 0.143. The number of anilines is 1. The maximum Gasteiger partial charge on any atom is 0.349 e. The first-order chi connectivity index (χ1) is 14.4. The Kier molecular flexibility index (Phi) is 5.20. The molecule has 0 saturated carbocycles. The zero-order valence-corrected chi connectivity index (χ0v) is 16.6. The van der Waals surface area contributed by atoms with Crippen LogP contribution < -0.4 is 10.1 Å². The number of thiophene rings is 1. The first-order valence-corrected chi connectivity index (χ1v) is 9.85. The number of amides is 1. The molecule has 1 amide bonds. The number of non-ortho nitro benzene ring substituents is 1. The number of nitro groups is 1. The Morgan fingerprint density at radius 2 is 1.93 bits per heavy atom. The molecule has 1 unspecified atom stereocenters. The molecule has 9 heteroatoms. The van der Waals surface area contributed by atoms with Gasteiger partial charge in [-0.15, -0.1) is 11.3 Å². The molecule has 152 valence electrons. The largest absolute Gasteiger partial charge is 0.488 e. The standard InChI is InChI=1S/C21H16N2O6S/c1-12(20(24)22-14-6-8-15(9-7-14)23(26)27)29-21(25)18-10-13-11-28-17-5-3-2-4-16(17)19(13)30-18/h2-10,12H,11H2,1H3,(H,22,24). The fourth-order valence-electron chi connectivity index (χ4n) is 2.98. The monoisotopic (exact) mass is 424 g/mol.